The number of hydrogen-bond acceptors (Lipinski definition) is 1. The molecule has 0 aromatic carbocycles. The Morgan fingerprint density at radius 1 is 1.36 bits per heavy atom. The first-order chi connectivity index (χ1) is 6.54. The monoisotopic (exact) mass is 205 g/mol. The van der Waals surface area contributed by atoms with Gasteiger partial charge in [-0.25, -0.2) is 8.78 Å². The molecule has 1 atom stereocenters. The normalized spacial score (nSPS) is 25.2. The Morgan fingerprint density at radius 2 is 1.93 bits per heavy atom. The quantitative estimate of drug-likeness (QED) is 0.622. The van der Waals surface area contributed by atoms with Gasteiger partial charge in [0.2, 0.25) is 0 Å². The summed E-state index contributed by atoms with van der Waals surface area (Å²) in [6.45, 7) is 3.25. The van der Waals surface area contributed by atoms with Gasteiger partial charge < -0.3 is 0 Å². The smallest absolute Gasteiger partial charge is 0.252 e. The summed E-state index contributed by atoms with van der Waals surface area (Å²) in [5.74, 6) is 0. The molecule has 1 heterocycles. The van der Waals surface area contributed by atoms with Crippen LogP contribution in [0.4, 0.5) is 13.2 Å². The first kappa shape index (κ1) is 12.9. The van der Waals surface area contributed by atoms with E-state index in [0.717, 1.165) is 5.57 Å². The summed E-state index contributed by atoms with van der Waals surface area (Å²) in [5.41, 5.74) is -0.400. The Morgan fingerprint density at radius 3 is 2.43 bits per heavy atom. The van der Waals surface area contributed by atoms with Gasteiger partial charge in [-0.3, -0.25) is 9.38 Å². The maximum absolute atomic E-state index is 12.5. The number of allylic oxidation sites excluding steroid dienone is 3. The highest BCUT2D eigenvalue weighted by Gasteiger charge is 2.31. The zero-order valence-corrected chi connectivity index (χ0v) is 8.47. The molecule has 0 saturated heterocycles. The van der Waals surface area contributed by atoms with E-state index in [9.17, 15) is 13.2 Å². The summed E-state index contributed by atoms with van der Waals surface area (Å²) in [5, 5.41) is 0. The predicted octanol–water partition coefficient (Wildman–Crippen LogP) is 3.39. The highest BCUT2D eigenvalue weighted by Crippen LogP contribution is 2.28. The number of alkyl halides is 3. The number of halogens is 3. The van der Waals surface area contributed by atoms with Crippen molar-refractivity contribution in [2.24, 2.45) is 10.4 Å². The van der Waals surface area contributed by atoms with Gasteiger partial charge >= 0.3 is 0 Å². The molecule has 0 amide bonds. The second-order valence-electron chi connectivity index (χ2n) is 3.15. The Bertz CT molecular complexity index is 256. The lowest BCUT2D eigenvalue weighted by molar-refractivity contribution is 0.0814. The van der Waals surface area contributed by atoms with Crippen LogP contribution >= 0.6 is 0 Å². The van der Waals surface area contributed by atoms with Gasteiger partial charge in [0.25, 0.3) is 6.43 Å². The van der Waals surface area contributed by atoms with Gasteiger partial charge in [0.05, 0.1) is 12.6 Å². The lowest BCUT2D eigenvalue weighted by Gasteiger charge is -2.19. The third-order valence-electron chi connectivity index (χ3n) is 1.79. The molecule has 0 radical (unpaired) electrons. The number of hydrogen-bond donors (Lipinski definition) is 0. The molecule has 0 aliphatic carbocycles. The first-order valence-electron chi connectivity index (χ1n) is 4.11. The molecule has 0 saturated carbocycles. The van der Waals surface area contributed by atoms with Crippen LogP contribution in [-0.4, -0.2) is 19.8 Å². The van der Waals surface area contributed by atoms with Crippen molar-refractivity contribution in [3.63, 3.8) is 0 Å². The summed E-state index contributed by atoms with van der Waals surface area (Å²) in [6.07, 6.45) is 3.65. The minimum atomic E-state index is -2.41. The molecule has 14 heavy (non-hydrogen) atoms. The molecule has 1 aliphatic rings. The largest absolute Gasteiger partial charge is 0.268 e. The average molecular weight is 205 g/mol. The summed E-state index contributed by atoms with van der Waals surface area (Å²) >= 11 is 0. The molecule has 0 aromatic rings. The summed E-state index contributed by atoms with van der Waals surface area (Å²) < 4.78 is 34.5. The van der Waals surface area contributed by atoms with Crippen LogP contribution in [0.3, 0.4) is 0 Å². The highest BCUT2D eigenvalue weighted by atomic mass is 19.3. The fraction of sp³-hybridized carbons (Fsp3) is 0.500. The summed E-state index contributed by atoms with van der Waals surface area (Å²) in [6, 6.07) is 0. The van der Waals surface area contributed by atoms with E-state index in [-0.39, 0.29) is 0 Å². The Kier molecular flexibility index (Phi) is 5.20. The van der Waals surface area contributed by atoms with Crippen LogP contribution in [0, 0.1) is 5.41 Å². The van der Waals surface area contributed by atoms with E-state index in [4.69, 9.17) is 0 Å². The van der Waals surface area contributed by atoms with E-state index in [1.54, 1.807) is 13.0 Å². The van der Waals surface area contributed by atoms with E-state index < -0.39 is 11.8 Å². The van der Waals surface area contributed by atoms with Crippen molar-refractivity contribution in [3.8, 4) is 0 Å². The average Bonchev–Trinajstić information content (AvgIpc) is 2.31. The number of rotatable bonds is 1. The van der Waals surface area contributed by atoms with Gasteiger partial charge in [0.1, 0.15) is 0 Å². The lowest BCUT2D eigenvalue weighted by atomic mass is 9.91. The van der Waals surface area contributed by atoms with E-state index in [2.05, 4.69) is 4.99 Å². The van der Waals surface area contributed by atoms with E-state index in [1.165, 1.54) is 25.4 Å². The second kappa shape index (κ2) is 5.62. The van der Waals surface area contributed by atoms with Crippen LogP contribution in [0.15, 0.2) is 28.9 Å². The van der Waals surface area contributed by atoms with Gasteiger partial charge in [0.15, 0.2) is 0 Å². The SMILES string of the molecule is CC1=CC(C)(C(F)F)C=NC=C1.CF. The number of nitrogens with zero attached hydrogens (tertiary/aromatic N) is 1. The molecular formula is C10H14F3N. The van der Waals surface area contributed by atoms with Crippen LogP contribution in [-0.2, 0) is 0 Å². The predicted molar refractivity (Wildman–Crippen MR) is 52.5 cm³/mol. The second-order valence-corrected chi connectivity index (χ2v) is 3.15. The van der Waals surface area contributed by atoms with Crippen molar-refractivity contribution in [3.05, 3.63) is 23.9 Å². The van der Waals surface area contributed by atoms with Crippen molar-refractivity contribution in [2.45, 2.75) is 20.3 Å². The van der Waals surface area contributed by atoms with Gasteiger partial charge in [0, 0.05) is 12.4 Å². The maximum Gasteiger partial charge on any atom is 0.252 e. The van der Waals surface area contributed by atoms with Crippen molar-refractivity contribution >= 4 is 6.21 Å². The van der Waals surface area contributed by atoms with E-state index in [1.807, 2.05) is 0 Å². The molecule has 0 N–H and O–H groups in total. The first-order valence-corrected chi connectivity index (χ1v) is 4.11. The Balaban J connectivity index is 0.000000791. The summed E-state index contributed by atoms with van der Waals surface area (Å²) in [7, 11) is 0.500. The zero-order valence-electron chi connectivity index (χ0n) is 8.47. The zero-order chi connectivity index (χ0) is 11.2. The molecule has 1 unspecified atom stereocenters. The standard InChI is InChI=1S/C9H11F2N.CH3F/c1-7-3-4-12-6-9(2,5-7)8(10)11;1-2/h3-6,8H,1-2H3;1H3. The Hall–Kier alpha value is -1.06. The van der Waals surface area contributed by atoms with Gasteiger partial charge in [-0.1, -0.05) is 11.6 Å². The molecular weight excluding hydrogens is 191 g/mol. The fourth-order valence-corrected chi connectivity index (χ4v) is 1.06. The van der Waals surface area contributed by atoms with Gasteiger partial charge in [-0.15, -0.1) is 0 Å². The highest BCUT2D eigenvalue weighted by molar-refractivity contribution is 5.70. The van der Waals surface area contributed by atoms with Crippen molar-refractivity contribution < 1.29 is 13.2 Å². The van der Waals surface area contributed by atoms with Crippen molar-refractivity contribution in [1.82, 2.24) is 0 Å². The van der Waals surface area contributed by atoms with Crippen LogP contribution in [0.2, 0.25) is 0 Å². The van der Waals surface area contributed by atoms with Gasteiger partial charge in [-0.05, 0) is 19.9 Å². The molecule has 80 valence electrons. The Labute approximate surface area is 82.0 Å². The molecule has 0 bridgehead atoms. The number of aliphatic imine (C=N–C) groups is 1. The van der Waals surface area contributed by atoms with Crippen LogP contribution in [0.1, 0.15) is 13.8 Å². The van der Waals surface area contributed by atoms with Crippen LogP contribution in [0.5, 0.6) is 0 Å². The van der Waals surface area contributed by atoms with Crippen molar-refractivity contribution in [2.75, 3.05) is 7.18 Å². The molecule has 1 rings (SSSR count). The van der Waals surface area contributed by atoms with E-state index >= 15 is 0 Å². The van der Waals surface area contributed by atoms with Gasteiger partial charge in [-0.2, -0.15) is 0 Å². The molecule has 1 nitrogen and oxygen atoms in total. The summed E-state index contributed by atoms with van der Waals surface area (Å²) in [4.78, 5) is 3.76. The third-order valence-corrected chi connectivity index (χ3v) is 1.79. The minimum Gasteiger partial charge on any atom is -0.268 e. The molecule has 0 spiro atoms. The molecule has 0 fully saturated rings. The molecule has 4 heteroatoms. The van der Waals surface area contributed by atoms with E-state index in [0.29, 0.717) is 7.18 Å². The van der Waals surface area contributed by atoms with Crippen LogP contribution < -0.4 is 0 Å². The third kappa shape index (κ3) is 3.36. The van der Waals surface area contributed by atoms with Crippen LogP contribution in [0.25, 0.3) is 0 Å². The maximum atomic E-state index is 12.5. The topological polar surface area (TPSA) is 12.4 Å². The molecule has 1 aliphatic heterocycles. The lowest BCUT2D eigenvalue weighted by Crippen LogP contribution is -2.25. The minimum absolute atomic E-state index is 0.500. The van der Waals surface area contributed by atoms with Crippen molar-refractivity contribution in [1.29, 1.82) is 0 Å². The fourth-order valence-electron chi connectivity index (χ4n) is 1.06. The molecule has 0 aromatic heterocycles.